The Morgan fingerprint density at radius 1 is 1.52 bits per heavy atom. The minimum absolute atomic E-state index is 0.0753. The van der Waals surface area contributed by atoms with Crippen molar-refractivity contribution < 1.29 is 22.7 Å². The number of aromatic nitrogens is 3. The lowest BCUT2D eigenvalue weighted by atomic mass is 10.1. The molecular weight excluding hydrogens is 315 g/mol. The zero-order valence-corrected chi connectivity index (χ0v) is 13.2. The standard InChI is InChI=1S/C13H20F3N5O2/c1-4-20-8-18-19-10(20)5-17-11(22)21-6-9(13(14,15)16)23-12(2,3)7-21/h8-9H,4-7H2,1-3H3,(H,17,22). The van der Waals surface area contributed by atoms with Crippen molar-refractivity contribution in [2.75, 3.05) is 13.1 Å². The van der Waals surface area contributed by atoms with Crippen LogP contribution >= 0.6 is 0 Å². The summed E-state index contributed by atoms with van der Waals surface area (Å²) >= 11 is 0. The van der Waals surface area contributed by atoms with E-state index in [0.717, 1.165) is 4.90 Å². The number of amides is 2. The molecule has 0 aliphatic carbocycles. The molecule has 7 nitrogen and oxygen atoms in total. The molecule has 1 aliphatic heterocycles. The van der Waals surface area contributed by atoms with E-state index < -0.39 is 30.5 Å². The molecule has 0 saturated carbocycles. The Morgan fingerprint density at radius 3 is 2.83 bits per heavy atom. The maximum Gasteiger partial charge on any atom is 0.416 e. The highest BCUT2D eigenvalue weighted by Gasteiger charge is 2.49. The second-order valence-corrected chi connectivity index (χ2v) is 5.98. The monoisotopic (exact) mass is 335 g/mol. The van der Waals surface area contributed by atoms with Gasteiger partial charge in [0.15, 0.2) is 11.9 Å². The van der Waals surface area contributed by atoms with Crippen molar-refractivity contribution in [1.29, 1.82) is 0 Å². The highest BCUT2D eigenvalue weighted by molar-refractivity contribution is 5.74. The summed E-state index contributed by atoms with van der Waals surface area (Å²) in [6.07, 6.45) is -4.98. The summed E-state index contributed by atoms with van der Waals surface area (Å²) < 4.78 is 45.5. The van der Waals surface area contributed by atoms with Gasteiger partial charge in [-0.3, -0.25) is 0 Å². The molecular formula is C13H20F3N5O2. The van der Waals surface area contributed by atoms with Gasteiger partial charge in [-0.15, -0.1) is 10.2 Å². The maximum atomic E-state index is 12.9. The summed E-state index contributed by atoms with van der Waals surface area (Å²) in [5, 5.41) is 10.2. The van der Waals surface area contributed by atoms with Crippen LogP contribution in [0.5, 0.6) is 0 Å². The molecule has 2 heterocycles. The van der Waals surface area contributed by atoms with Crippen molar-refractivity contribution in [1.82, 2.24) is 25.0 Å². The number of carbonyl (C=O) groups excluding carboxylic acids is 1. The van der Waals surface area contributed by atoms with E-state index in [-0.39, 0.29) is 13.1 Å². The molecule has 2 amide bonds. The number of hydrogen-bond donors (Lipinski definition) is 1. The summed E-state index contributed by atoms with van der Waals surface area (Å²) in [6, 6.07) is -0.582. The molecule has 1 aromatic heterocycles. The van der Waals surface area contributed by atoms with Gasteiger partial charge in [0.05, 0.1) is 25.2 Å². The maximum absolute atomic E-state index is 12.9. The second-order valence-electron chi connectivity index (χ2n) is 5.98. The van der Waals surface area contributed by atoms with Crippen LogP contribution in [0.25, 0.3) is 0 Å². The molecule has 1 aliphatic rings. The van der Waals surface area contributed by atoms with E-state index in [1.54, 1.807) is 4.57 Å². The Hall–Kier alpha value is -1.84. The van der Waals surface area contributed by atoms with Crippen LogP contribution in [0.2, 0.25) is 0 Å². The molecule has 1 saturated heterocycles. The van der Waals surface area contributed by atoms with Crippen molar-refractivity contribution >= 4 is 6.03 Å². The van der Waals surface area contributed by atoms with E-state index in [0.29, 0.717) is 12.4 Å². The van der Waals surface area contributed by atoms with Crippen LogP contribution in [0, 0.1) is 0 Å². The first-order chi connectivity index (χ1) is 10.6. The van der Waals surface area contributed by atoms with Gasteiger partial charge in [0, 0.05) is 6.54 Å². The van der Waals surface area contributed by atoms with Gasteiger partial charge in [-0.25, -0.2) is 4.79 Å². The van der Waals surface area contributed by atoms with E-state index in [1.165, 1.54) is 20.2 Å². The van der Waals surface area contributed by atoms with E-state index in [9.17, 15) is 18.0 Å². The average molecular weight is 335 g/mol. The summed E-state index contributed by atoms with van der Waals surface area (Å²) in [5.41, 5.74) is -1.07. The SMILES string of the molecule is CCn1cnnc1CNC(=O)N1CC(C(F)(F)F)OC(C)(C)C1. The zero-order valence-electron chi connectivity index (χ0n) is 13.2. The molecule has 1 unspecified atom stereocenters. The van der Waals surface area contributed by atoms with Crippen LogP contribution < -0.4 is 5.32 Å². The highest BCUT2D eigenvalue weighted by Crippen LogP contribution is 2.31. The van der Waals surface area contributed by atoms with Crippen molar-refractivity contribution in [2.24, 2.45) is 0 Å². The van der Waals surface area contributed by atoms with Crippen molar-refractivity contribution in [3.8, 4) is 0 Å². The third kappa shape index (κ3) is 4.34. The number of urea groups is 1. The number of carbonyl (C=O) groups is 1. The summed E-state index contributed by atoms with van der Waals surface area (Å²) in [6.45, 7) is 5.23. The van der Waals surface area contributed by atoms with Gasteiger partial charge >= 0.3 is 12.2 Å². The van der Waals surface area contributed by atoms with Crippen LogP contribution in [-0.2, 0) is 17.8 Å². The van der Waals surface area contributed by atoms with Gasteiger partial charge < -0.3 is 19.5 Å². The molecule has 1 N–H and O–H groups in total. The zero-order chi connectivity index (χ0) is 17.3. The Balaban J connectivity index is 2.00. The van der Waals surface area contributed by atoms with Crippen LogP contribution in [0.1, 0.15) is 26.6 Å². The molecule has 0 spiro atoms. The number of hydrogen-bond acceptors (Lipinski definition) is 4. The molecule has 1 fully saturated rings. The minimum atomic E-state index is -4.52. The van der Waals surface area contributed by atoms with Crippen LogP contribution in [0.3, 0.4) is 0 Å². The first kappa shape index (κ1) is 17.5. The lowest BCUT2D eigenvalue weighted by Gasteiger charge is -2.43. The fourth-order valence-electron chi connectivity index (χ4n) is 2.46. The lowest BCUT2D eigenvalue weighted by molar-refractivity contribution is -0.267. The molecule has 10 heteroatoms. The molecule has 130 valence electrons. The first-order valence-electron chi connectivity index (χ1n) is 7.26. The minimum Gasteiger partial charge on any atom is -0.359 e. The number of alkyl halides is 3. The Kier molecular flexibility index (Phi) is 4.83. The van der Waals surface area contributed by atoms with Gasteiger partial charge in [0.25, 0.3) is 0 Å². The number of halogens is 3. The summed E-state index contributed by atoms with van der Waals surface area (Å²) in [7, 11) is 0. The number of ether oxygens (including phenoxy) is 1. The van der Waals surface area contributed by atoms with Gasteiger partial charge in [-0.2, -0.15) is 13.2 Å². The molecule has 2 rings (SSSR count). The normalized spacial score (nSPS) is 21.3. The van der Waals surface area contributed by atoms with Gasteiger partial charge in [-0.1, -0.05) is 0 Å². The molecule has 23 heavy (non-hydrogen) atoms. The van der Waals surface area contributed by atoms with Crippen molar-refractivity contribution in [3.63, 3.8) is 0 Å². The quantitative estimate of drug-likeness (QED) is 0.910. The number of morpholine rings is 1. The van der Waals surface area contributed by atoms with Crippen molar-refractivity contribution in [2.45, 2.75) is 51.7 Å². The third-order valence-corrected chi connectivity index (χ3v) is 3.51. The smallest absolute Gasteiger partial charge is 0.359 e. The molecule has 0 bridgehead atoms. The average Bonchev–Trinajstić information content (AvgIpc) is 2.89. The Morgan fingerprint density at radius 2 is 2.22 bits per heavy atom. The van der Waals surface area contributed by atoms with Crippen LogP contribution in [-0.4, -0.2) is 56.7 Å². The van der Waals surface area contributed by atoms with Crippen LogP contribution in [0.15, 0.2) is 6.33 Å². The number of nitrogens with one attached hydrogen (secondary N) is 1. The summed E-state index contributed by atoms with van der Waals surface area (Å²) in [5.74, 6) is 0.542. The molecule has 0 radical (unpaired) electrons. The largest absolute Gasteiger partial charge is 0.416 e. The number of rotatable bonds is 3. The highest BCUT2D eigenvalue weighted by atomic mass is 19.4. The second kappa shape index (κ2) is 6.34. The predicted molar refractivity (Wildman–Crippen MR) is 74.5 cm³/mol. The lowest BCUT2D eigenvalue weighted by Crippen LogP contribution is -2.60. The van der Waals surface area contributed by atoms with E-state index in [2.05, 4.69) is 15.5 Å². The Bertz CT molecular complexity index is 558. The van der Waals surface area contributed by atoms with Gasteiger partial charge in [0.2, 0.25) is 0 Å². The molecule has 1 atom stereocenters. The fraction of sp³-hybridized carbons (Fsp3) is 0.769. The number of aryl methyl sites for hydroxylation is 1. The molecule has 1 aromatic rings. The summed E-state index contributed by atoms with van der Waals surface area (Å²) in [4.78, 5) is 13.3. The van der Waals surface area contributed by atoms with E-state index in [4.69, 9.17) is 4.74 Å². The van der Waals surface area contributed by atoms with Gasteiger partial charge in [0.1, 0.15) is 6.33 Å². The topological polar surface area (TPSA) is 72.3 Å². The fourth-order valence-corrected chi connectivity index (χ4v) is 2.46. The third-order valence-electron chi connectivity index (χ3n) is 3.51. The number of nitrogens with zero attached hydrogens (tertiary/aromatic N) is 4. The molecule has 0 aromatic carbocycles. The van der Waals surface area contributed by atoms with Crippen molar-refractivity contribution in [3.05, 3.63) is 12.2 Å². The first-order valence-corrected chi connectivity index (χ1v) is 7.26. The van der Waals surface area contributed by atoms with E-state index >= 15 is 0 Å². The predicted octanol–water partition coefficient (Wildman–Crippen LogP) is 1.55. The Labute approximate surface area is 131 Å². The van der Waals surface area contributed by atoms with E-state index in [1.807, 2.05) is 6.92 Å². The van der Waals surface area contributed by atoms with Gasteiger partial charge in [-0.05, 0) is 20.8 Å². The van der Waals surface area contributed by atoms with Crippen LogP contribution in [0.4, 0.5) is 18.0 Å².